The molecular weight excluding hydrogens is 240 g/mol. The van der Waals surface area contributed by atoms with E-state index in [-0.39, 0.29) is 11.9 Å². The van der Waals surface area contributed by atoms with Crippen LogP contribution in [-0.2, 0) is 4.79 Å². The molecule has 0 radical (unpaired) electrons. The van der Waals surface area contributed by atoms with Gasteiger partial charge in [0.15, 0.2) is 0 Å². The van der Waals surface area contributed by atoms with Gasteiger partial charge in [-0.1, -0.05) is 12.2 Å². The summed E-state index contributed by atoms with van der Waals surface area (Å²) in [7, 11) is 0. The van der Waals surface area contributed by atoms with Gasteiger partial charge in [0.05, 0.1) is 0 Å². The van der Waals surface area contributed by atoms with E-state index in [1.54, 1.807) is 12.4 Å². The van der Waals surface area contributed by atoms with Crippen molar-refractivity contribution < 1.29 is 4.79 Å². The minimum Gasteiger partial charge on any atom is -0.368 e. The van der Waals surface area contributed by atoms with E-state index in [1.807, 2.05) is 29.2 Å². The SMILES string of the molecule is O=C([C@H]1C=CCN1)N1CCN(c2ccncc2)CC1. The minimum atomic E-state index is -0.118. The van der Waals surface area contributed by atoms with E-state index in [9.17, 15) is 4.79 Å². The molecule has 0 bridgehead atoms. The number of piperazine rings is 1. The van der Waals surface area contributed by atoms with Gasteiger partial charge in [0.2, 0.25) is 5.91 Å². The Labute approximate surface area is 112 Å². The van der Waals surface area contributed by atoms with Crippen molar-refractivity contribution in [2.75, 3.05) is 37.6 Å². The van der Waals surface area contributed by atoms with Crippen molar-refractivity contribution in [2.24, 2.45) is 0 Å². The molecule has 1 saturated heterocycles. The topological polar surface area (TPSA) is 48.5 Å². The number of aromatic nitrogens is 1. The molecule has 1 amide bonds. The second-order valence-electron chi connectivity index (χ2n) is 4.83. The van der Waals surface area contributed by atoms with Crippen LogP contribution < -0.4 is 10.2 Å². The highest BCUT2D eigenvalue weighted by atomic mass is 16.2. The van der Waals surface area contributed by atoms with Gasteiger partial charge in [0.25, 0.3) is 0 Å². The Morgan fingerprint density at radius 3 is 2.58 bits per heavy atom. The van der Waals surface area contributed by atoms with Crippen LogP contribution in [0.15, 0.2) is 36.7 Å². The summed E-state index contributed by atoms with van der Waals surface area (Å²) in [4.78, 5) is 20.5. The lowest BCUT2D eigenvalue weighted by Crippen LogP contribution is -2.53. The molecule has 0 aromatic carbocycles. The van der Waals surface area contributed by atoms with E-state index in [0.29, 0.717) is 0 Å². The molecule has 1 N–H and O–H groups in total. The average molecular weight is 258 g/mol. The fraction of sp³-hybridized carbons (Fsp3) is 0.429. The predicted molar refractivity (Wildman–Crippen MR) is 74.0 cm³/mol. The molecule has 100 valence electrons. The lowest BCUT2D eigenvalue weighted by atomic mass is 10.2. The number of hydrogen-bond acceptors (Lipinski definition) is 4. The van der Waals surface area contributed by atoms with Gasteiger partial charge in [-0.3, -0.25) is 15.1 Å². The number of rotatable bonds is 2. The maximum atomic E-state index is 12.2. The van der Waals surface area contributed by atoms with Crippen LogP contribution >= 0.6 is 0 Å². The Bertz CT molecular complexity index is 466. The Morgan fingerprint density at radius 2 is 1.95 bits per heavy atom. The number of anilines is 1. The second kappa shape index (κ2) is 5.40. The molecular formula is C14H18N4O. The van der Waals surface area contributed by atoms with Crippen LogP contribution in [-0.4, -0.2) is 54.6 Å². The summed E-state index contributed by atoms with van der Waals surface area (Å²) in [6.07, 6.45) is 7.58. The van der Waals surface area contributed by atoms with E-state index in [2.05, 4.69) is 15.2 Å². The molecule has 1 atom stereocenters. The van der Waals surface area contributed by atoms with Crippen LogP contribution in [0.5, 0.6) is 0 Å². The normalized spacial score (nSPS) is 22.8. The number of carbonyl (C=O) groups excluding carboxylic acids is 1. The molecule has 19 heavy (non-hydrogen) atoms. The molecule has 0 unspecified atom stereocenters. The molecule has 0 saturated carbocycles. The van der Waals surface area contributed by atoms with Gasteiger partial charge in [-0.05, 0) is 12.1 Å². The number of pyridine rings is 1. The Balaban J connectivity index is 1.57. The van der Waals surface area contributed by atoms with Gasteiger partial charge >= 0.3 is 0 Å². The van der Waals surface area contributed by atoms with Gasteiger partial charge in [-0.2, -0.15) is 0 Å². The first-order chi connectivity index (χ1) is 9.34. The Morgan fingerprint density at radius 1 is 1.21 bits per heavy atom. The smallest absolute Gasteiger partial charge is 0.243 e. The molecule has 5 heteroatoms. The van der Waals surface area contributed by atoms with Crippen LogP contribution in [0.4, 0.5) is 5.69 Å². The zero-order valence-electron chi connectivity index (χ0n) is 10.8. The van der Waals surface area contributed by atoms with Crippen molar-refractivity contribution in [2.45, 2.75) is 6.04 Å². The van der Waals surface area contributed by atoms with Crippen molar-refractivity contribution in [3.05, 3.63) is 36.7 Å². The standard InChI is InChI=1S/C14H18N4O/c19-14(13-2-1-5-16-13)18-10-8-17(9-11-18)12-3-6-15-7-4-12/h1-4,6-7,13,16H,5,8-11H2/t13-/m1/s1. The fourth-order valence-corrected chi connectivity index (χ4v) is 2.57. The van der Waals surface area contributed by atoms with E-state index >= 15 is 0 Å². The molecule has 5 nitrogen and oxygen atoms in total. The summed E-state index contributed by atoms with van der Waals surface area (Å²) in [5.41, 5.74) is 1.18. The molecule has 0 spiro atoms. The molecule has 2 aliphatic rings. The molecule has 3 rings (SSSR count). The number of nitrogens with zero attached hydrogens (tertiary/aromatic N) is 3. The van der Waals surface area contributed by atoms with Gasteiger partial charge in [-0.25, -0.2) is 0 Å². The van der Waals surface area contributed by atoms with Crippen LogP contribution in [0.3, 0.4) is 0 Å². The Hall–Kier alpha value is -1.88. The summed E-state index contributed by atoms with van der Waals surface area (Å²) in [6, 6.07) is 3.91. The van der Waals surface area contributed by atoms with Crippen molar-refractivity contribution in [3.8, 4) is 0 Å². The lowest BCUT2D eigenvalue weighted by Gasteiger charge is -2.37. The van der Waals surface area contributed by atoms with Crippen molar-refractivity contribution in [1.82, 2.24) is 15.2 Å². The molecule has 1 aromatic heterocycles. The monoisotopic (exact) mass is 258 g/mol. The summed E-state index contributed by atoms with van der Waals surface area (Å²) >= 11 is 0. The van der Waals surface area contributed by atoms with Gasteiger partial charge in [0.1, 0.15) is 6.04 Å². The Kier molecular flexibility index (Phi) is 3.46. The highest BCUT2D eigenvalue weighted by molar-refractivity contribution is 5.84. The quantitative estimate of drug-likeness (QED) is 0.773. The van der Waals surface area contributed by atoms with Crippen LogP contribution in [0.1, 0.15) is 0 Å². The highest BCUT2D eigenvalue weighted by Gasteiger charge is 2.26. The first-order valence-electron chi connectivity index (χ1n) is 6.68. The third kappa shape index (κ3) is 2.61. The van der Waals surface area contributed by atoms with E-state index in [4.69, 9.17) is 0 Å². The van der Waals surface area contributed by atoms with Crippen LogP contribution in [0.25, 0.3) is 0 Å². The maximum Gasteiger partial charge on any atom is 0.243 e. The molecule has 1 fully saturated rings. The summed E-state index contributed by atoms with van der Waals surface area (Å²) in [5.74, 6) is 0.197. The van der Waals surface area contributed by atoms with Gasteiger partial charge in [-0.15, -0.1) is 0 Å². The zero-order valence-corrected chi connectivity index (χ0v) is 10.8. The molecule has 1 aromatic rings. The molecule has 0 aliphatic carbocycles. The molecule has 2 aliphatic heterocycles. The largest absolute Gasteiger partial charge is 0.368 e. The third-order valence-electron chi connectivity index (χ3n) is 3.67. The van der Waals surface area contributed by atoms with Crippen LogP contribution in [0.2, 0.25) is 0 Å². The van der Waals surface area contributed by atoms with Crippen molar-refractivity contribution >= 4 is 11.6 Å². The summed E-state index contributed by atoms with van der Waals surface area (Å²) < 4.78 is 0. The number of nitrogens with one attached hydrogen (secondary N) is 1. The average Bonchev–Trinajstić information content (AvgIpc) is 3.02. The van der Waals surface area contributed by atoms with Crippen molar-refractivity contribution in [1.29, 1.82) is 0 Å². The van der Waals surface area contributed by atoms with Gasteiger partial charge in [0, 0.05) is 50.8 Å². The maximum absolute atomic E-state index is 12.2. The second-order valence-corrected chi connectivity index (χ2v) is 4.83. The number of amides is 1. The third-order valence-corrected chi connectivity index (χ3v) is 3.67. The summed E-state index contributed by atoms with van der Waals surface area (Å²) in [6.45, 7) is 4.13. The van der Waals surface area contributed by atoms with E-state index in [1.165, 1.54) is 5.69 Å². The van der Waals surface area contributed by atoms with E-state index in [0.717, 1.165) is 32.7 Å². The van der Waals surface area contributed by atoms with Crippen molar-refractivity contribution in [3.63, 3.8) is 0 Å². The predicted octanol–water partition coefficient (Wildman–Crippen LogP) is 0.258. The molecule has 3 heterocycles. The van der Waals surface area contributed by atoms with Gasteiger partial charge < -0.3 is 9.80 Å². The van der Waals surface area contributed by atoms with Crippen LogP contribution in [0, 0.1) is 0 Å². The minimum absolute atomic E-state index is 0.118. The number of carbonyl (C=O) groups is 1. The van der Waals surface area contributed by atoms with E-state index < -0.39 is 0 Å². The first-order valence-corrected chi connectivity index (χ1v) is 6.68. The highest BCUT2D eigenvalue weighted by Crippen LogP contribution is 2.15. The fourth-order valence-electron chi connectivity index (χ4n) is 2.57. The summed E-state index contributed by atoms with van der Waals surface area (Å²) in [5, 5.41) is 3.17. The first kappa shape index (κ1) is 12.2. The zero-order chi connectivity index (χ0) is 13.1. The lowest BCUT2D eigenvalue weighted by molar-refractivity contribution is -0.132. The number of hydrogen-bond donors (Lipinski definition) is 1.